The maximum absolute atomic E-state index is 13.4. The molecule has 1 N–H and O–H groups in total. The van der Waals surface area contributed by atoms with E-state index in [1.165, 1.54) is 18.2 Å². The number of urea groups is 1. The summed E-state index contributed by atoms with van der Waals surface area (Å²) in [6.45, 7) is 0.589. The Morgan fingerprint density at radius 3 is 2.30 bits per heavy atom. The number of nitrogens with zero attached hydrogens (tertiary/aromatic N) is 2. The standard InChI is InChI=1S/C30H20FN3O3/c31-22-12-14-23(15-13-22)34-29(36)26(28(35)32-30(34)37)16-21-18-33(27-11-4-3-10-25(21)27)17-20-8-5-7-19-6-1-2-9-24(19)20/h1-16,18H,17H2,(H,32,35,37). The summed E-state index contributed by atoms with van der Waals surface area (Å²) >= 11 is 0. The molecule has 0 radical (unpaired) electrons. The number of benzene rings is 4. The van der Waals surface area contributed by atoms with Crippen LogP contribution in [0.15, 0.2) is 103 Å². The molecule has 1 aromatic heterocycles. The Hall–Kier alpha value is -5.04. The van der Waals surface area contributed by atoms with Crippen molar-refractivity contribution in [2.75, 3.05) is 4.90 Å². The van der Waals surface area contributed by atoms with Gasteiger partial charge in [0.1, 0.15) is 11.4 Å². The number of anilines is 1. The summed E-state index contributed by atoms with van der Waals surface area (Å²) in [5.74, 6) is -2.05. The van der Waals surface area contributed by atoms with Crippen molar-refractivity contribution in [2.45, 2.75) is 6.54 Å². The molecular weight excluding hydrogens is 469 g/mol. The van der Waals surface area contributed by atoms with Gasteiger partial charge in [-0.15, -0.1) is 0 Å². The molecule has 0 unspecified atom stereocenters. The number of fused-ring (bicyclic) bond motifs is 2. The molecular formula is C30H20FN3O3. The van der Waals surface area contributed by atoms with Gasteiger partial charge >= 0.3 is 6.03 Å². The first kappa shape index (κ1) is 22.4. The van der Waals surface area contributed by atoms with E-state index in [1.807, 2.05) is 48.7 Å². The molecule has 1 fully saturated rings. The highest BCUT2D eigenvalue weighted by Gasteiger charge is 2.37. The fourth-order valence-electron chi connectivity index (χ4n) is 4.77. The molecule has 2 heterocycles. The largest absolute Gasteiger partial charge is 0.342 e. The number of halogens is 1. The summed E-state index contributed by atoms with van der Waals surface area (Å²) in [6.07, 6.45) is 3.40. The lowest BCUT2D eigenvalue weighted by atomic mass is 10.0. The summed E-state index contributed by atoms with van der Waals surface area (Å²) in [5.41, 5.74) is 2.73. The van der Waals surface area contributed by atoms with Crippen LogP contribution in [0.5, 0.6) is 0 Å². The monoisotopic (exact) mass is 489 g/mol. The lowest BCUT2D eigenvalue weighted by molar-refractivity contribution is -0.122. The summed E-state index contributed by atoms with van der Waals surface area (Å²) in [6, 6.07) is 26.2. The highest BCUT2D eigenvalue weighted by Crippen LogP contribution is 2.28. The van der Waals surface area contributed by atoms with Gasteiger partial charge in [0.2, 0.25) is 0 Å². The highest BCUT2D eigenvalue weighted by molar-refractivity contribution is 6.39. The minimum Gasteiger partial charge on any atom is -0.342 e. The number of nitrogens with one attached hydrogen (secondary N) is 1. The van der Waals surface area contributed by atoms with E-state index in [0.717, 1.165) is 44.3 Å². The number of carbonyl (C=O) groups is 3. The van der Waals surface area contributed by atoms with Crippen LogP contribution in [0.25, 0.3) is 27.8 Å². The average Bonchev–Trinajstić information content (AvgIpc) is 3.25. The zero-order chi connectivity index (χ0) is 25.5. The van der Waals surface area contributed by atoms with Gasteiger partial charge in [0.15, 0.2) is 0 Å². The van der Waals surface area contributed by atoms with Gasteiger partial charge in [-0.1, -0.05) is 60.7 Å². The van der Waals surface area contributed by atoms with Gasteiger partial charge in [-0.2, -0.15) is 0 Å². The van der Waals surface area contributed by atoms with Crippen LogP contribution in [-0.4, -0.2) is 22.4 Å². The van der Waals surface area contributed by atoms with E-state index in [4.69, 9.17) is 0 Å². The van der Waals surface area contributed by atoms with Gasteiger partial charge in [0.05, 0.1) is 5.69 Å². The Kier molecular flexibility index (Phi) is 5.38. The van der Waals surface area contributed by atoms with Crippen molar-refractivity contribution in [3.05, 3.63) is 120 Å². The van der Waals surface area contributed by atoms with E-state index in [9.17, 15) is 18.8 Å². The first-order chi connectivity index (χ1) is 18.0. The Bertz CT molecular complexity index is 1750. The van der Waals surface area contributed by atoms with Crippen LogP contribution >= 0.6 is 0 Å². The molecule has 4 amide bonds. The number of barbiturate groups is 1. The minimum atomic E-state index is -0.878. The fourth-order valence-corrected chi connectivity index (χ4v) is 4.77. The maximum Gasteiger partial charge on any atom is 0.335 e. The SMILES string of the molecule is O=C1NC(=O)N(c2ccc(F)cc2)C(=O)C1=Cc1cn(Cc2cccc3ccccc23)c2ccccc12. The number of hydrogen-bond acceptors (Lipinski definition) is 3. The number of amides is 4. The number of aromatic nitrogens is 1. The smallest absolute Gasteiger partial charge is 0.335 e. The molecule has 6 nitrogen and oxygen atoms in total. The molecule has 0 saturated carbocycles. The molecule has 1 aliphatic rings. The van der Waals surface area contributed by atoms with Crippen molar-refractivity contribution in [1.29, 1.82) is 0 Å². The Labute approximate surface area is 211 Å². The molecule has 0 spiro atoms. The van der Waals surface area contributed by atoms with Gasteiger partial charge in [-0.05, 0) is 52.7 Å². The van der Waals surface area contributed by atoms with E-state index in [-0.39, 0.29) is 11.3 Å². The Balaban J connectivity index is 1.43. The third kappa shape index (κ3) is 3.96. The van der Waals surface area contributed by atoms with Crippen LogP contribution in [0.1, 0.15) is 11.1 Å². The van der Waals surface area contributed by atoms with Crippen molar-refractivity contribution in [3.8, 4) is 0 Å². The molecule has 4 aromatic carbocycles. The van der Waals surface area contributed by atoms with Crippen LogP contribution in [-0.2, 0) is 16.1 Å². The lowest BCUT2D eigenvalue weighted by Gasteiger charge is -2.26. The normalized spacial score (nSPS) is 15.1. The van der Waals surface area contributed by atoms with Gasteiger partial charge in [0.25, 0.3) is 11.8 Å². The van der Waals surface area contributed by atoms with Crippen LogP contribution in [0, 0.1) is 5.82 Å². The van der Waals surface area contributed by atoms with E-state index in [1.54, 1.807) is 0 Å². The van der Waals surface area contributed by atoms with Crippen molar-refractivity contribution in [2.24, 2.45) is 0 Å². The van der Waals surface area contributed by atoms with Gasteiger partial charge in [0, 0.05) is 29.2 Å². The first-order valence-electron chi connectivity index (χ1n) is 11.7. The third-order valence-corrected chi connectivity index (χ3v) is 6.53. The van der Waals surface area contributed by atoms with E-state index >= 15 is 0 Å². The molecule has 6 rings (SSSR count). The second kappa shape index (κ2) is 8.87. The first-order valence-corrected chi connectivity index (χ1v) is 11.7. The number of imide groups is 2. The molecule has 180 valence electrons. The van der Waals surface area contributed by atoms with Crippen LogP contribution in [0.2, 0.25) is 0 Å². The molecule has 5 aromatic rings. The second-order valence-electron chi connectivity index (χ2n) is 8.80. The third-order valence-electron chi connectivity index (χ3n) is 6.53. The molecule has 37 heavy (non-hydrogen) atoms. The van der Waals surface area contributed by atoms with E-state index in [2.05, 4.69) is 34.1 Å². The van der Waals surface area contributed by atoms with Gasteiger partial charge in [-0.25, -0.2) is 14.1 Å². The molecule has 0 bridgehead atoms. The van der Waals surface area contributed by atoms with Gasteiger partial charge in [-0.3, -0.25) is 14.9 Å². The predicted molar refractivity (Wildman–Crippen MR) is 140 cm³/mol. The Morgan fingerprint density at radius 1 is 0.784 bits per heavy atom. The molecule has 7 heteroatoms. The molecule has 1 aliphatic heterocycles. The van der Waals surface area contributed by atoms with Crippen molar-refractivity contribution < 1.29 is 18.8 Å². The summed E-state index contributed by atoms with van der Waals surface area (Å²) in [7, 11) is 0. The zero-order valence-electron chi connectivity index (χ0n) is 19.5. The highest BCUT2D eigenvalue weighted by atomic mass is 19.1. The van der Waals surface area contributed by atoms with E-state index < -0.39 is 23.7 Å². The molecule has 0 aliphatic carbocycles. The average molecular weight is 490 g/mol. The van der Waals surface area contributed by atoms with Crippen molar-refractivity contribution in [3.63, 3.8) is 0 Å². The van der Waals surface area contributed by atoms with Gasteiger partial charge < -0.3 is 4.57 Å². The van der Waals surface area contributed by atoms with Crippen LogP contribution in [0.4, 0.5) is 14.9 Å². The van der Waals surface area contributed by atoms with Crippen molar-refractivity contribution in [1.82, 2.24) is 9.88 Å². The van der Waals surface area contributed by atoms with Crippen LogP contribution in [0.3, 0.4) is 0 Å². The zero-order valence-corrected chi connectivity index (χ0v) is 19.5. The number of hydrogen-bond donors (Lipinski definition) is 1. The van der Waals surface area contributed by atoms with Crippen molar-refractivity contribution >= 4 is 51.3 Å². The topological polar surface area (TPSA) is 71.4 Å². The Morgan fingerprint density at radius 2 is 1.49 bits per heavy atom. The fraction of sp³-hybridized carbons (Fsp3) is 0.0333. The number of carbonyl (C=O) groups excluding carboxylic acids is 3. The maximum atomic E-state index is 13.4. The van der Waals surface area contributed by atoms with E-state index in [0.29, 0.717) is 12.1 Å². The second-order valence-corrected chi connectivity index (χ2v) is 8.80. The summed E-state index contributed by atoms with van der Waals surface area (Å²) < 4.78 is 15.5. The van der Waals surface area contributed by atoms with Crippen LogP contribution < -0.4 is 10.2 Å². The lowest BCUT2D eigenvalue weighted by Crippen LogP contribution is -2.54. The number of para-hydroxylation sites is 1. The summed E-state index contributed by atoms with van der Waals surface area (Å²) in [5, 5.41) is 5.38. The molecule has 0 atom stereocenters. The summed E-state index contributed by atoms with van der Waals surface area (Å²) in [4.78, 5) is 39.3. The predicted octanol–water partition coefficient (Wildman–Crippen LogP) is 5.65. The quantitative estimate of drug-likeness (QED) is 0.262. The molecule has 1 saturated heterocycles. The minimum absolute atomic E-state index is 0.167. The number of rotatable bonds is 4.